The number of hydrogen-bond acceptors (Lipinski definition) is 6. The summed E-state index contributed by atoms with van der Waals surface area (Å²) in [6.45, 7) is 5.22. The first kappa shape index (κ1) is 22.2. The third-order valence-electron chi connectivity index (χ3n) is 4.68. The van der Waals surface area contributed by atoms with Gasteiger partial charge < -0.3 is 10.3 Å². The third kappa shape index (κ3) is 5.58. The number of aromatic nitrogens is 2. The van der Waals surface area contributed by atoms with E-state index in [-0.39, 0.29) is 22.7 Å². The summed E-state index contributed by atoms with van der Waals surface area (Å²) >= 11 is 1.07. The molecule has 3 aromatic rings. The van der Waals surface area contributed by atoms with Gasteiger partial charge in [0.15, 0.2) is 5.16 Å². The Kier molecular flexibility index (Phi) is 6.86. The summed E-state index contributed by atoms with van der Waals surface area (Å²) in [7, 11) is 0. The van der Waals surface area contributed by atoms with Crippen LogP contribution < -0.4 is 10.9 Å². The Hall–Kier alpha value is -3.46. The molecule has 0 atom stereocenters. The van der Waals surface area contributed by atoms with Gasteiger partial charge in [0.25, 0.3) is 11.2 Å². The van der Waals surface area contributed by atoms with E-state index < -0.39 is 10.8 Å². The molecule has 31 heavy (non-hydrogen) atoms. The van der Waals surface area contributed by atoms with Crippen molar-refractivity contribution in [1.29, 1.82) is 0 Å². The Bertz CT molecular complexity index is 1190. The lowest BCUT2D eigenvalue weighted by molar-refractivity contribution is -0.384. The van der Waals surface area contributed by atoms with Crippen molar-refractivity contribution >= 4 is 29.0 Å². The lowest BCUT2D eigenvalue weighted by Crippen LogP contribution is -2.19. The molecule has 3 rings (SSSR count). The van der Waals surface area contributed by atoms with Crippen molar-refractivity contribution in [3.05, 3.63) is 90.9 Å². The topological polar surface area (TPSA) is 118 Å². The predicted molar refractivity (Wildman–Crippen MR) is 121 cm³/mol. The summed E-state index contributed by atoms with van der Waals surface area (Å²) < 4.78 is 0. The molecule has 2 N–H and O–H groups in total. The van der Waals surface area contributed by atoms with Gasteiger partial charge in [-0.1, -0.05) is 48.2 Å². The molecule has 0 aliphatic carbocycles. The van der Waals surface area contributed by atoms with Gasteiger partial charge in [0.2, 0.25) is 5.91 Å². The van der Waals surface area contributed by atoms with Crippen molar-refractivity contribution in [3.8, 4) is 0 Å². The number of hydrogen-bond donors (Lipinski definition) is 2. The molecule has 0 saturated carbocycles. The average molecular weight is 439 g/mol. The van der Waals surface area contributed by atoms with Gasteiger partial charge in [-0.3, -0.25) is 19.7 Å². The number of anilines is 1. The van der Waals surface area contributed by atoms with Crippen LogP contribution in [0.2, 0.25) is 0 Å². The van der Waals surface area contributed by atoms with Gasteiger partial charge >= 0.3 is 0 Å². The minimum Gasteiger partial charge on any atom is -0.319 e. The first-order valence-corrected chi connectivity index (χ1v) is 10.5. The van der Waals surface area contributed by atoms with E-state index in [1.165, 1.54) is 6.07 Å². The maximum atomic E-state index is 12.5. The quantitative estimate of drug-likeness (QED) is 0.250. The highest BCUT2D eigenvalue weighted by atomic mass is 32.2. The number of rotatable bonds is 7. The highest BCUT2D eigenvalue weighted by Gasteiger charge is 2.19. The maximum Gasteiger partial charge on any atom is 0.293 e. The predicted octanol–water partition coefficient (Wildman–Crippen LogP) is 3.92. The number of aromatic amines is 1. The van der Waals surface area contributed by atoms with Crippen LogP contribution in [0.3, 0.4) is 0 Å². The minimum atomic E-state index is -0.517. The summed E-state index contributed by atoms with van der Waals surface area (Å²) in [6, 6.07) is 12.8. The van der Waals surface area contributed by atoms with Crippen molar-refractivity contribution in [1.82, 2.24) is 9.97 Å². The van der Waals surface area contributed by atoms with E-state index in [2.05, 4.69) is 15.3 Å². The fourth-order valence-corrected chi connectivity index (χ4v) is 3.93. The van der Waals surface area contributed by atoms with Crippen LogP contribution in [-0.4, -0.2) is 26.6 Å². The first-order chi connectivity index (χ1) is 14.7. The van der Waals surface area contributed by atoms with Gasteiger partial charge in [0, 0.05) is 23.7 Å². The molecule has 0 aliphatic heterocycles. The van der Waals surface area contributed by atoms with Crippen LogP contribution in [0.5, 0.6) is 0 Å². The van der Waals surface area contributed by atoms with E-state index in [4.69, 9.17) is 0 Å². The summed E-state index contributed by atoms with van der Waals surface area (Å²) in [6.07, 6.45) is 0.469. The fraction of sp³-hybridized carbons (Fsp3) is 0.227. The van der Waals surface area contributed by atoms with E-state index in [1.54, 1.807) is 26.8 Å². The molecule has 8 nitrogen and oxygen atoms in total. The number of carbonyl (C=O) groups excluding carboxylic acids is 1. The zero-order valence-corrected chi connectivity index (χ0v) is 18.2. The van der Waals surface area contributed by atoms with Crippen molar-refractivity contribution in [2.75, 3.05) is 11.1 Å². The standard InChI is InChI=1S/C22H22N4O4S/c1-13-9-14(2)20(18(10-13)26(29)30)24-19(27)12-31-22-23-15(3)17(21(28)25-22)11-16-7-5-4-6-8-16/h4-10H,11-12H2,1-3H3,(H,24,27)(H,23,25,28). The number of H-pyrrole nitrogens is 1. The van der Waals surface area contributed by atoms with E-state index in [9.17, 15) is 19.7 Å². The summed E-state index contributed by atoms with van der Waals surface area (Å²) in [4.78, 5) is 42.8. The van der Waals surface area contributed by atoms with Gasteiger partial charge in [-0.25, -0.2) is 4.98 Å². The molecule has 9 heteroatoms. The third-order valence-corrected chi connectivity index (χ3v) is 5.56. The smallest absolute Gasteiger partial charge is 0.293 e. The summed E-state index contributed by atoms with van der Waals surface area (Å²) in [5.74, 6) is -0.473. The second-order valence-electron chi connectivity index (χ2n) is 7.17. The second kappa shape index (κ2) is 9.57. The Morgan fingerprint density at radius 3 is 2.55 bits per heavy atom. The molecule has 1 amide bonds. The van der Waals surface area contributed by atoms with Gasteiger partial charge in [-0.2, -0.15) is 0 Å². The van der Waals surface area contributed by atoms with Crippen molar-refractivity contribution in [2.45, 2.75) is 32.3 Å². The lowest BCUT2D eigenvalue weighted by atomic mass is 10.1. The first-order valence-electron chi connectivity index (χ1n) is 9.56. The Morgan fingerprint density at radius 2 is 1.90 bits per heavy atom. The van der Waals surface area contributed by atoms with E-state index in [0.29, 0.717) is 28.4 Å². The number of nitrogens with zero attached hydrogens (tertiary/aromatic N) is 2. The fourth-order valence-electron chi connectivity index (χ4n) is 3.22. The van der Waals surface area contributed by atoms with Gasteiger partial charge in [-0.05, 0) is 37.5 Å². The largest absolute Gasteiger partial charge is 0.319 e. The SMILES string of the molecule is Cc1cc(C)c(NC(=O)CSc2nc(C)c(Cc3ccccc3)c(=O)[nH]2)c([N+](=O)[O-])c1. The summed E-state index contributed by atoms with van der Waals surface area (Å²) in [5, 5.41) is 14.3. The Labute approximate surface area is 183 Å². The van der Waals surface area contributed by atoms with Crippen LogP contribution in [0.15, 0.2) is 52.4 Å². The molecule has 0 fully saturated rings. The van der Waals surface area contributed by atoms with Crippen LogP contribution in [0, 0.1) is 30.9 Å². The molecule has 1 heterocycles. The van der Waals surface area contributed by atoms with Crippen LogP contribution in [0.25, 0.3) is 0 Å². The van der Waals surface area contributed by atoms with E-state index in [0.717, 1.165) is 22.9 Å². The van der Waals surface area contributed by atoms with Crippen LogP contribution in [-0.2, 0) is 11.2 Å². The second-order valence-corrected chi connectivity index (χ2v) is 8.13. The molecule has 0 spiro atoms. The van der Waals surface area contributed by atoms with Crippen LogP contribution in [0.1, 0.15) is 27.9 Å². The molecular formula is C22H22N4O4S. The number of nitro benzene ring substituents is 1. The van der Waals surface area contributed by atoms with Crippen molar-refractivity contribution in [2.24, 2.45) is 0 Å². The number of carbonyl (C=O) groups is 1. The number of benzene rings is 2. The molecular weight excluding hydrogens is 416 g/mol. The molecule has 0 saturated heterocycles. The van der Waals surface area contributed by atoms with E-state index >= 15 is 0 Å². The maximum absolute atomic E-state index is 12.5. The zero-order valence-electron chi connectivity index (χ0n) is 17.4. The van der Waals surface area contributed by atoms with Gasteiger partial charge in [0.05, 0.1) is 10.7 Å². The van der Waals surface area contributed by atoms with Crippen molar-refractivity contribution < 1.29 is 9.72 Å². The van der Waals surface area contributed by atoms with Gasteiger partial charge in [0.1, 0.15) is 5.69 Å². The Morgan fingerprint density at radius 1 is 1.19 bits per heavy atom. The monoisotopic (exact) mass is 438 g/mol. The molecule has 1 aromatic heterocycles. The molecule has 2 aromatic carbocycles. The van der Waals surface area contributed by atoms with Crippen LogP contribution in [0.4, 0.5) is 11.4 Å². The summed E-state index contributed by atoms with van der Waals surface area (Å²) in [5.41, 5.74) is 3.31. The molecule has 0 aliphatic rings. The van der Waals surface area contributed by atoms with E-state index in [1.807, 2.05) is 30.3 Å². The molecule has 0 radical (unpaired) electrons. The number of nitro groups is 1. The number of aryl methyl sites for hydroxylation is 3. The average Bonchev–Trinajstić information content (AvgIpc) is 2.71. The highest BCUT2D eigenvalue weighted by molar-refractivity contribution is 7.99. The number of amides is 1. The number of nitrogens with one attached hydrogen (secondary N) is 2. The zero-order chi connectivity index (χ0) is 22.5. The Balaban J connectivity index is 1.70. The van der Waals surface area contributed by atoms with Gasteiger partial charge in [-0.15, -0.1) is 0 Å². The molecule has 0 bridgehead atoms. The van der Waals surface area contributed by atoms with Crippen molar-refractivity contribution in [3.63, 3.8) is 0 Å². The number of thioether (sulfide) groups is 1. The molecule has 160 valence electrons. The van der Waals surface area contributed by atoms with Crippen LogP contribution >= 0.6 is 11.8 Å². The highest BCUT2D eigenvalue weighted by Crippen LogP contribution is 2.30. The molecule has 0 unspecified atom stereocenters. The lowest BCUT2D eigenvalue weighted by Gasteiger charge is -2.10. The minimum absolute atomic E-state index is 0.0507. The normalized spacial score (nSPS) is 10.7.